The third-order valence-electron chi connectivity index (χ3n) is 4.43. The molecule has 1 atom stereocenters. The summed E-state index contributed by atoms with van der Waals surface area (Å²) in [5.74, 6) is 0. The predicted molar refractivity (Wildman–Crippen MR) is 67.2 cm³/mol. The number of nitrogens with one attached hydrogen (secondary N) is 1. The molecule has 86 valence electrons. The fourth-order valence-corrected chi connectivity index (χ4v) is 3.28. The van der Waals surface area contributed by atoms with Crippen molar-refractivity contribution in [1.82, 2.24) is 5.32 Å². The lowest BCUT2D eigenvalue weighted by molar-refractivity contribution is 0.313. The zero-order valence-corrected chi connectivity index (χ0v) is 9.91. The van der Waals surface area contributed by atoms with E-state index >= 15 is 0 Å². The van der Waals surface area contributed by atoms with Crippen LogP contribution in [0, 0.1) is 5.41 Å². The first kappa shape index (κ1) is 10.3. The quantitative estimate of drug-likeness (QED) is 0.813. The number of rotatable bonds is 3. The number of hydrogen-bond acceptors (Lipinski definition) is 1. The molecular formula is C15H21N. The lowest BCUT2D eigenvalue weighted by Crippen LogP contribution is -2.24. The Hall–Kier alpha value is -0.820. The maximum atomic E-state index is 3.73. The Kier molecular flexibility index (Phi) is 2.72. The van der Waals surface area contributed by atoms with Crippen LogP contribution in [0.4, 0.5) is 0 Å². The molecule has 2 fully saturated rings. The van der Waals surface area contributed by atoms with Gasteiger partial charge in [-0.1, -0.05) is 49.6 Å². The molecule has 2 aliphatic rings. The fraction of sp³-hybridized carbons (Fsp3) is 0.600. The summed E-state index contributed by atoms with van der Waals surface area (Å²) in [5, 5.41) is 3.73. The molecular weight excluding hydrogens is 194 g/mol. The Balaban J connectivity index is 1.51. The summed E-state index contributed by atoms with van der Waals surface area (Å²) in [5.41, 5.74) is 2.13. The first-order chi connectivity index (χ1) is 7.89. The number of benzene rings is 1. The lowest BCUT2D eigenvalue weighted by atomic mass is 9.86. The molecule has 1 heteroatoms. The molecule has 0 bridgehead atoms. The van der Waals surface area contributed by atoms with Crippen molar-refractivity contribution in [2.24, 2.45) is 5.41 Å². The minimum atomic E-state index is 0.715. The van der Waals surface area contributed by atoms with Gasteiger partial charge in [-0.3, -0.25) is 0 Å². The Bertz CT molecular complexity index is 338. The van der Waals surface area contributed by atoms with Crippen LogP contribution in [0.25, 0.3) is 0 Å². The summed E-state index contributed by atoms with van der Waals surface area (Å²) in [4.78, 5) is 0. The van der Waals surface area contributed by atoms with Crippen molar-refractivity contribution >= 4 is 0 Å². The molecule has 16 heavy (non-hydrogen) atoms. The van der Waals surface area contributed by atoms with Crippen LogP contribution < -0.4 is 5.32 Å². The Morgan fingerprint density at radius 1 is 1.06 bits per heavy atom. The second kappa shape index (κ2) is 4.21. The smallest absolute Gasteiger partial charge is 0.0208 e. The van der Waals surface area contributed by atoms with Gasteiger partial charge in [0.05, 0.1) is 0 Å². The summed E-state index contributed by atoms with van der Waals surface area (Å²) in [6, 6.07) is 11.6. The average Bonchev–Trinajstić information content (AvgIpc) is 3.01. The van der Waals surface area contributed by atoms with E-state index in [1.54, 1.807) is 0 Å². The molecule has 0 radical (unpaired) electrons. The van der Waals surface area contributed by atoms with Crippen LogP contribution in [-0.2, 0) is 6.54 Å². The highest BCUT2D eigenvalue weighted by Gasteiger charge is 2.53. The van der Waals surface area contributed by atoms with E-state index in [2.05, 4.69) is 35.6 Å². The molecule has 3 rings (SSSR count). The first-order valence-electron chi connectivity index (χ1n) is 6.66. The van der Waals surface area contributed by atoms with Gasteiger partial charge in [0.25, 0.3) is 0 Å². The van der Waals surface area contributed by atoms with Crippen LogP contribution in [0.1, 0.15) is 44.1 Å². The second-order valence-electron chi connectivity index (χ2n) is 5.55. The minimum absolute atomic E-state index is 0.715. The van der Waals surface area contributed by atoms with E-state index < -0.39 is 0 Å². The van der Waals surface area contributed by atoms with E-state index in [-0.39, 0.29) is 0 Å². The summed E-state index contributed by atoms with van der Waals surface area (Å²) < 4.78 is 0. The largest absolute Gasteiger partial charge is 0.309 e. The molecule has 0 aliphatic heterocycles. The van der Waals surface area contributed by atoms with E-state index in [0.717, 1.165) is 12.6 Å². The standard InChI is InChI=1S/C15H21N/c1-3-7-13(8-4-1)12-16-14-11-15(14)9-5-2-6-10-15/h1,3-4,7-8,14,16H,2,5-6,9-12H2. The van der Waals surface area contributed by atoms with E-state index in [1.807, 2.05) is 0 Å². The van der Waals surface area contributed by atoms with Crippen molar-refractivity contribution in [3.05, 3.63) is 35.9 Å². The van der Waals surface area contributed by atoms with Gasteiger partial charge >= 0.3 is 0 Å². The normalized spacial score (nSPS) is 26.9. The lowest BCUT2D eigenvalue weighted by Gasteiger charge is -2.22. The van der Waals surface area contributed by atoms with Crippen molar-refractivity contribution in [1.29, 1.82) is 0 Å². The Morgan fingerprint density at radius 3 is 2.56 bits per heavy atom. The van der Waals surface area contributed by atoms with Gasteiger partial charge in [0, 0.05) is 12.6 Å². The zero-order chi connectivity index (χ0) is 10.8. The van der Waals surface area contributed by atoms with Crippen LogP contribution in [0.15, 0.2) is 30.3 Å². The third-order valence-corrected chi connectivity index (χ3v) is 4.43. The first-order valence-corrected chi connectivity index (χ1v) is 6.66. The highest BCUT2D eigenvalue weighted by Crippen LogP contribution is 2.56. The molecule has 1 nitrogen and oxygen atoms in total. The highest BCUT2D eigenvalue weighted by atomic mass is 15.0. The van der Waals surface area contributed by atoms with Gasteiger partial charge in [-0.2, -0.15) is 0 Å². The molecule has 1 spiro atoms. The van der Waals surface area contributed by atoms with Gasteiger partial charge < -0.3 is 5.32 Å². The van der Waals surface area contributed by atoms with Gasteiger partial charge in [0.2, 0.25) is 0 Å². The predicted octanol–water partition coefficient (Wildman–Crippen LogP) is 3.50. The Morgan fingerprint density at radius 2 is 1.81 bits per heavy atom. The monoisotopic (exact) mass is 215 g/mol. The number of hydrogen-bond donors (Lipinski definition) is 1. The maximum Gasteiger partial charge on any atom is 0.0208 e. The third kappa shape index (κ3) is 2.01. The van der Waals surface area contributed by atoms with Gasteiger partial charge in [0.15, 0.2) is 0 Å². The van der Waals surface area contributed by atoms with Gasteiger partial charge in [0.1, 0.15) is 0 Å². The van der Waals surface area contributed by atoms with Gasteiger partial charge in [-0.05, 0) is 30.2 Å². The average molecular weight is 215 g/mol. The molecule has 1 aromatic carbocycles. The van der Waals surface area contributed by atoms with Crippen LogP contribution in [-0.4, -0.2) is 6.04 Å². The SMILES string of the molecule is c1ccc(CNC2CC23CCCCC3)cc1. The van der Waals surface area contributed by atoms with E-state index in [9.17, 15) is 0 Å². The minimum Gasteiger partial charge on any atom is -0.309 e. The zero-order valence-electron chi connectivity index (χ0n) is 9.91. The summed E-state index contributed by atoms with van der Waals surface area (Å²) in [6.07, 6.45) is 8.76. The summed E-state index contributed by atoms with van der Waals surface area (Å²) in [7, 11) is 0. The van der Waals surface area contributed by atoms with Gasteiger partial charge in [-0.15, -0.1) is 0 Å². The van der Waals surface area contributed by atoms with Crippen molar-refractivity contribution in [2.75, 3.05) is 0 Å². The summed E-state index contributed by atoms with van der Waals surface area (Å²) in [6.45, 7) is 1.05. The molecule has 1 aromatic rings. The van der Waals surface area contributed by atoms with E-state index in [0.29, 0.717) is 5.41 Å². The van der Waals surface area contributed by atoms with E-state index in [1.165, 1.54) is 44.1 Å². The maximum absolute atomic E-state index is 3.73. The van der Waals surface area contributed by atoms with Crippen molar-refractivity contribution in [3.63, 3.8) is 0 Å². The second-order valence-corrected chi connectivity index (χ2v) is 5.55. The van der Waals surface area contributed by atoms with Crippen LogP contribution >= 0.6 is 0 Å². The van der Waals surface area contributed by atoms with Crippen LogP contribution in [0.5, 0.6) is 0 Å². The molecule has 1 N–H and O–H groups in total. The molecule has 0 saturated heterocycles. The van der Waals surface area contributed by atoms with Crippen LogP contribution in [0.3, 0.4) is 0 Å². The molecule has 2 aliphatic carbocycles. The molecule has 2 saturated carbocycles. The van der Waals surface area contributed by atoms with Gasteiger partial charge in [-0.25, -0.2) is 0 Å². The van der Waals surface area contributed by atoms with Crippen molar-refractivity contribution in [3.8, 4) is 0 Å². The molecule has 0 amide bonds. The topological polar surface area (TPSA) is 12.0 Å². The Labute approximate surface area is 98.3 Å². The summed E-state index contributed by atoms with van der Waals surface area (Å²) >= 11 is 0. The highest BCUT2D eigenvalue weighted by molar-refractivity contribution is 5.16. The molecule has 1 unspecified atom stereocenters. The fourth-order valence-electron chi connectivity index (χ4n) is 3.28. The molecule has 0 heterocycles. The molecule has 0 aromatic heterocycles. The van der Waals surface area contributed by atoms with Crippen molar-refractivity contribution in [2.45, 2.75) is 51.1 Å². The van der Waals surface area contributed by atoms with Crippen molar-refractivity contribution < 1.29 is 0 Å². The van der Waals surface area contributed by atoms with E-state index in [4.69, 9.17) is 0 Å². The van der Waals surface area contributed by atoms with Crippen LogP contribution in [0.2, 0.25) is 0 Å².